The van der Waals surface area contributed by atoms with Crippen molar-refractivity contribution in [3.05, 3.63) is 57.6 Å². The van der Waals surface area contributed by atoms with E-state index in [4.69, 9.17) is 21.1 Å². The van der Waals surface area contributed by atoms with Gasteiger partial charge in [-0.1, -0.05) is 18.5 Å². The number of rotatable bonds is 13. The normalized spacial score (nSPS) is 13.1. The highest BCUT2D eigenvalue weighted by Gasteiger charge is 2.42. The number of carbonyl (C=O) groups is 2. The summed E-state index contributed by atoms with van der Waals surface area (Å²) in [5, 5.41) is 19.2. The van der Waals surface area contributed by atoms with Crippen LogP contribution in [0.4, 0.5) is 22.7 Å². The second-order valence-electron chi connectivity index (χ2n) is 9.79. The molecule has 0 aromatic heterocycles. The van der Waals surface area contributed by atoms with Crippen LogP contribution in [0.5, 0.6) is 0 Å². The highest BCUT2D eigenvalue weighted by molar-refractivity contribution is 6.33. The van der Waals surface area contributed by atoms with Crippen LogP contribution in [0.1, 0.15) is 47.5 Å². The van der Waals surface area contributed by atoms with Gasteiger partial charge < -0.3 is 14.4 Å². The maximum absolute atomic E-state index is 12.8. The molecule has 206 valence electrons. The van der Waals surface area contributed by atoms with Crippen LogP contribution in [0, 0.1) is 20.9 Å². The molecule has 1 atom stereocenters. The molecule has 2 aromatic rings. The average molecular weight is 547 g/mol. The first-order valence-corrected chi connectivity index (χ1v) is 12.7. The number of hydrogen-bond donors (Lipinski definition) is 0. The molecule has 0 bridgehead atoms. The number of azo groups is 1. The van der Waals surface area contributed by atoms with Gasteiger partial charge in [0.1, 0.15) is 12.3 Å². The first kappa shape index (κ1) is 30.7. The Balaban J connectivity index is 1.97. The van der Waals surface area contributed by atoms with Gasteiger partial charge in [0.15, 0.2) is 0 Å². The summed E-state index contributed by atoms with van der Waals surface area (Å²) in [5.74, 6) is -0.699. The number of anilines is 1. The molecule has 0 fully saturated rings. The summed E-state index contributed by atoms with van der Waals surface area (Å²) in [6.45, 7) is 10.6. The molecule has 2 rings (SSSR count). The van der Waals surface area contributed by atoms with Crippen molar-refractivity contribution >= 4 is 46.3 Å². The lowest BCUT2D eigenvalue weighted by Crippen LogP contribution is -2.39. The number of ether oxygens (including phenoxy) is 2. The number of methoxy groups -OCH3 is 1. The van der Waals surface area contributed by atoms with E-state index >= 15 is 0 Å². The number of non-ortho nitro benzene ring substituents is 1. The van der Waals surface area contributed by atoms with Gasteiger partial charge in [-0.2, -0.15) is 5.11 Å². The van der Waals surface area contributed by atoms with Gasteiger partial charge in [-0.15, -0.1) is 5.11 Å². The van der Waals surface area contributed by atoms with Gasteiger partial charge in [0.2, 0.25) is 0 Å². The third-order valence-corrected chi connectivity index (χ3v) is 6.75. The number of halogens is 1. The molecule has 0 aliphatic rings. The van der Waals surface area contributed by atoms with Gasteiger partial charge in [0.25, 0.3) is 5.69 Å². The van der Waals surface area contributed by atoms with Crippen molar-refractivity contribution in [1.82, 2.24) is 0 Å². The van der Waals surface area contributed by atoms with Crippen molar-refractivity contribution in [2.24, 2.45) is 21.1 Å². The van der Waals surface area contributed by atoms with Gasteiger partial charge in [0.05, 0.1) is 40.1 Å². The summed E-state index contributed by atoms with van der Waals surface area (Å²) in [7, 11) is 1.35. The monoisotopic (exact) mass is 546 g/mol. The number of nitro benzene ring substituents is 1. The Morgan fingerprint density at radius 2 is 1.71 bits per heavy atom. The van der Waals surface area contributed by atoms with E-state index in [1.165, 1.54) is 25.3 Å². The minimum absolute atomic E-state index is 0.118. The average Bonchev–Trinajstić information content (AvgIpc) is 2.89. The summed E-state index contributed by atoms with van der Waals surface area (Å²) in [6, 6.07) is 11.3. The topological polar surface area (TPSA) is 124 Å². The summed E-state index contributed by atoms with van der Waals surface area (Å²) in [6.07, 6.45) is 0.872. The third kappa shape index (κ3) is 7.98. The highest BCUT2D eigenvalue weighted by Crippen LogP contribution is 2.38. The van der Waals surface area contributed by atoms with Crippen molar-refractivity contribution in [3.63, 3.8) is 0 Å². The minimum atomic E-state index is -0.852. The SMILES string of the molecule is CCN(CCOC(=O)C(C)(C)CC(C)(CC)C(=O)OC)c1ccc(N=Nc2ccc([N+](=O)[O-])cc2Cl)cc1. The Kier molecular flexibility index (Phi) is 10.8. The predicted molar refractivity (Wildman–Crippen MR) is 146 cm³/mol. The lowest BCUT2D eigenvalue weighted by Gasteiger charge is -2.33. The van der Waals surface area contributed by atoms with E-state index in [1.807, 2.05) is 26.0 Å². The molecule has 0 aliphatic heterocycles. The van der Waals surface area contributed by atoms with E-state index in [1.54, 1.807) is 32.9 Å². The van der Waals surface area contributed by atoms with E-state index in [0.717, 1.165) is 5.69 Å². The second kappa shape index (κ2) is 13.3. The van der Waals surface area contributed by atoms with Crippen LogP contribution < -0.4 is 4.90 Å². The van der Waals surface area contributed by atoms with Crippen LogP contribution in [0.15, 0.2) is 52.7 Å². The lowest BCUT2D eigenvalue weighted by atomic mass is 9.72. The number of benzene rings is 2. The molecule has 0 radical (unpaired) electrons. The maximum Gasteiger partial charge on any atom is 0.311 e. The number of carbonyl (C=O) groups excluding carboxylic acids is 2. The molecule has 38 heavy (non-hydrogen) atoms. The number of esters is 2. The molecule has 0 spiro atoms. The Morgan fingerprint density at radius 1 is 1.05 bits per heavy atom. The molecule has 10 nitrogen and oxygen atoms in total. The van der Waals surface area contributed by atoms with Crippen LogP contribution in [0.3, 0.4) is 0 Å². The fourth-order valence-corrected chi connectivity index (χ4v) is 4.29. The summed E-state index contributed by atoms with van der Waals surface area (Å²) in [4.78, 5) is 37.4. The number of hydrogen-bond acceptors (Lipinski definition) is 9. The zero-order valence-corrected chi connectivity index (χ0v) is 23.4. The largest absolute Gasteiger partial charge is 0.469 e. The van der Waals surface area contributed by atoms with Crippen molar-refractivity contribution in [2.75, 3.05) is 31.7 Å². The zero-order chi connectivity index (χ0) is 28.5. The molecule has 0 saturated carbocycles. The van der Waals surface area contributed by atoms with E-state index in [-0.39, 0.29) is 29.3 Å². The Morgan fingerprint density at radius 3 is 2.24 bits per heavy atom. The van der Waals surface area contributed by atoms with E-state index < -0.39 is 15.8 Å². The zero-order valence-electron chi connectivity index (χ0n) is 22.7. The molecule has 11 heteroatoms. The number of nitro groups is 1. The number of likely N-dealkylation sites (N-methyl/N-ethyl adjacent to an activating group) is 1. The third-order valence-electron chi connectivity index (χ3n) is 6.45. The van der Waals surface area contributed by atoms with Crippen LogP contribution in [0.2, 0.25) is 5.02 Å². The smallest absolute Gasteiger partial charge is 0.311 e. The Labute approximate surface area is 228 Å². The minimum Gasteiger partial charge on any atom is -0.469 e. The molecular weight excluding hydrogens is 512 g/mol. The van der Waals surface area contributed by atoms with Gasteiger partial charge in [-0.05, 0) is 70.9 Å². The first-order valence-electron chi connectivity index (χ1n) is 12.3. The molecule has 0 N–H and O–H groups in total. The summed E-state index contributed by atoms with van der Waals surface area (Å²) < 4.78 is 10.5. The quantitative estimate of drug-likeness (QED) is 0.114. The number of nitrogens with zero attached hydrogens (tertiary/aromatic N) is 4. The van der Waals surface area contributed by atoms with Crippen LogP contribution >= 0.6 is 11.6 Å². The summed E-state index contributed by atoms with van der Waals surface area (Å²) in [5.41, 5.74) is 0.0847. The summed E-state index contributed by atoms with van der Waals surface area (Å²) >= 11 is 6.06. The van der Waals surface area contributed by atoms with Crippen molar-refractivity contribution in [2.45, 2.75) is 47.5 Å². The fourth-order valence-electron chi connectivity index (χ4n) is 4.08. The maximum atomic E-state index is 12.8. The van der Waals surface area contributed by atoms with Gasteiger partial charge in [-0.25, -0.2) is 0 Å². The molecule has 1 unspecified atom stereocenters. The van der Waals surface area contributed by atoms with E-state index in [2.05, 4.69) is 15.1 Å². The van der Waals surface area contributed by atoms with Crippen LogP contribution in [-0.2, 0) is 19.1 Å². The molecule has 0 amide bonds. The lowest BCUT2D eigenvalue weighted by molar-refractivity contribution is -0.384. The van der Waals surface area contributed by atoms with Crippen LogP contribution in [-0.4, -0.2) is 43.7 Å². The van der Waals surface area contributed by atoms with E-state index in [9.17, 15) is 19.7 Å². The van der Waals surface area contributed by atoms with Gasteiger partial charge >= 0.3 is 11.9 Å². The predicted octanol–water partition coefficient (Wildman–Crippen LogP) is 7.04. The molecule has 0 saturated heterocycles. The van der Waals surface area contributed by atoms with E-state index in [0.29, 0.717) is 37.3 Å². The molecule has 0 aliphatic carbocycles. The molecular formula is C27H35ClN4O6. The standard InChI is InChI=1S/C27H35ClN4O6/c1-7-27(5,25(34)37-6)18-26(3,4)24(33)38-16-15-31(8-2)20-11-9-19(10-12-20)29-30-23-14-13-21(32(35)36)17-22(23)28/h9-14,17H,7-8,15-16,18H2,1-6H3. The fraction of sp³-hybridized carbons (Fsp3) is 0.481. The highest BCUT2D eigenvalue weighted by atomic mass is 35.5. The second-order valence-corrected chi connectivity index (χ2v) is 10.2. The van der Waals surface area contributed by atoms with Gasteiger partial charge in [0, 0.05) is 24.4 Å². The van der Waals surface area contributed by atoms with Crippen molar-refractivity contribution in [3.8, 4) is 0 Å². The molecule has 2 aromatic carbocycles. The van der Waals surface area contributed by atoms with Crippen LogP contribution in [0.25, 0.3) is 0 Å². The van der Waals surface area contributed by atoms with Crippen molar-refractivity contribution < 1.29 is 24.0 Å². The van der Waals surface area contributed by atoms with Gasteiger partial charge in [-0.3, -0.25) is 19.7 Å². The first-order chi connectivity index (χ1) is 17.9. The Hall–Kier alpha value is -3.53. The van der Waals surface area contributed by atoms with Crippen molar-refractivity contribution in [1.29, 1.82) is 0 Å². The Bertz CT molecular complexity index is 1170. The molecule has 0 heterocycles.